The van der Waals surface area contributed by atoms with Crippen molar-refractivity contribution in [3.8, 4) is 5.75 Å². The van der Waals surface area contributed by atoms with E-state index in [2.05, 4.69) is 71.6 Å². The Morgan fingerprint density at radius 1 is 0.402 bits per heavy atom. The molecule has 2 aromatic heterocycles. The number of hydrogen-bond acceptors (Lipinski definition) is 28. The van der Waals surface area contributed by atoms with E-state index in [1.165, 1.54) is 24.3 Å². The molecule has 0 spiro atoms. The van der Waals surface area contributed by atoms with Gasteiger partial charge >= 0.3 is 0 Å². The van der Waals surface area contributed by atoms with E-state index in [0.29, 0.717) is 12.1 Å². The van der Waals surface area contributed by atoms with Gasteiger partial charge in [0.1, 0.15) is 42.3 Å². The molecule has 0 atom stereocenters. The minimum atomic E-state index is -5.58. The van der Waals surface area contributed by atoms with Gasteiger partial charge in [0.2, 0.25) is 34.4 Å². The van der Waals surface area contributed by atoms with Gasteiger partial charge in [0.05, 0.1) is 20.9 Å². The van der Waals surface area contributed by atoms with Crippen LogP contribution in [0.3, 0.4) is 0 Å². The minimum absolute atomic E-state index is 0.0429. The average molecular weight is 1290 g/mol. The highest BCUT2D eigenvalue weighted by Crippen LogP contribution is 2.49. The van der Waals surface area contributed by atoms with Crippen LogP contribution in [-0.4, -0.2) is 113 Å². The topological polar surface area (TPSA) is 547 Å². The number of aromatic hydroxyl groups is 1. The normalized spacial score (nSPS) is 12.7. The SMILES string of the molecule is Nc1c(/N=N/c2cc(Nc3nc(Cl)nc(Nc4cccc(S(=O)(=O)O)c4)n3)ccc2S(=O)(=O)O)c(S(=O)(=O)O)cc2cc(S(=O)(=O)O)c(/N=N/c3cc(Nc4nc(Cl)nc(Nc5cccc(S(=O)(=O)O)c5)n4)ccc3S(=O)(=O)O)c(O)c12. The maximum atomic E-state index is 12.9. The number of halogens is 2. The number of phenolic OH excluding ortho intramolecular Hbond substituents is 1. The summed E-state index contributed by atoms with van der Waals surface area (Å²) >= 11 is 12.2. The molecule has 0 aliphatic rings. The molecule has 0 unspecified atom stereocenters. The quantitative estimate of drug-likeness (QED) is 0.0232. The van der Waals surface area contributed by atoms with Crippen LogP contribution in [0.25, 0.3) is 10.8 Å². The maximum absolute atomic E-state index is 12.9. The molecule has 0 amide bonds. The predicted molar refractivity (Wildman–Crippen MR) is 286 cm³/mol. The number of phenols is 1. The highest BCUT2D eigenvalue weighted by Gasteiger charge is 2.29. The summed E-state index contributed by atoms with van der Waals surface area (Å²) in [6.45, 7) is 0. The number of anilines is 9. The van der Waals surface area contributed by atoms with E-state index in [-0.39, 0.29) is 46.5 Å². The van der Waals surface area contributed by atoms with Gasteiger partial charge in [0.15, 0.2) is 5.75 Å². The first-order chi connectivity index (χ1) is 38.0. The Balaban J connectivity index is 1.18. The van der Waals surface area contributed by atoms with Gasteiger partial charge < -0.3 is 32.1 Å². The summed E-state index contributed by atoms with van der Waals surface area (Å²) in [4.78, 5) is 18.0. The van der Waals surface area contributed by atoms with Crippen LogP contribution in [0.2, 0.25) is 10.6 Å². The zero-order valence-corrected chi connectivity index (χ0v) is 45.9. The number of nitrogens with zero attached hydrogens (tertiary/aromatic N) is 10. The standard InChI is InChI=1S/C40H29Cl2N15O19S6/c41-35-48-37(44-18-3-1-5-22(13-18)77(59,60)61)52-39(50-35)46-20-7-9-26(79(65,66)67)24(15-20)54-56-32-28(81(71,72)73)11-17-12-29(82(74,75)76)33(34(58)30(17)31(32)43)57-55-25-16-21(8-10-27(25)80(68,69)70)47-40-51-36(42)49-38(53-40)45-19-4-2-6-23(14-19)78(62,63)64/h1-16,58H,43H2,(H,59,60,61)(H,62,63,64)(H,65,66,67)(H,68,69,70)(H,71,72,73)(H,74,75,76)(H2,44,46,48,50,52)(H2,45,47,49,51,53)/b56-54+,57-55+. The molecule has 6 aromatic carbocycles. The largest absolute Gasteiger partial charge is 0.505 e. The molecule has 428 valence electrons. The molecule has 42 heteroatoms. The first kappa shape index (κ1) is 59.8. The van der Waals surface area contributed by atoms with Crippen molar-refractivity contribution in [1.29, 1.82) is 0 Å². The molecule has 0 radical (unpaired) electrons. The second-order valence-electron chi connectivity index (χ2n) is 16.0. The van der Waals surface area contributed by atoms with Gasteiger partial charge in [-0.15, -0.1) is 20.5 Å². The number of benzene rings is 6. The Hall–Kier alpha value is -8.36. The second-order valence-corrected chi connectivity index (χ2v) is 25.1. The number of fused-ring (bicyclic) bond motifs is 1. The van der Waals surface area contributed by atoms with Crippen molar-refractivity contribution in [3.63, 3.8) is 0 Å². The Morgan fingerprint density at radius 3 is 1.10 bits per heavy atom. The molecule has 0 saturated heterocycles. The smallest absolute Gasteiger partial charge is 0.296 e. The zero-order valence-electron chi connectivity index (χ0n) is 39.5. The fourth-order valence-electron chi connectivity index (χ4n) is 7.00. The van der Waals surface area contributed by atoms with Crippen LogP contribution >= 0.6 is 23.2 Å². The Bertz CT molecular complexity index is 4490. The van der Waals surface area contributed by atoms with E-state index in [9.17, 15) is 82.9 Å². The first-order valence-electron chi connectivity index (χ1n) is 21.2. The number of nitrogens with two attached hydrogens (primary N) is 1. The third kappa shape index (κ3) is 14.0. The molecule has 82 heavy (non-hydrogen) atoms. The van der Waals surface area contributed by atoms with Crippen molar-refractivity contribution < 1.29 is 82.9 Å². The molecule has 0 saturated carbocycles. The lowest BCUT2D eigenvalue weighted by Gasteiger charge is -2.14. The lowest BCUT2D eigenvalue weighted by atomic mass is 10.1. The summed E-state index contributed by atoms with van der Waals surface area (Å²) in [5, 5.41) is 34.6. The third-order valence-electron chi connectivity index (χ3n) is 10.4. The zero-order chi connectivity index (χ0) is 60.1. The van der Waals surface area contributed by atoms with E-state index in [4.69, 9.17) is 28.9 Å². The number of rotatable bonds is 18. The lowest BCUT2D eigenvalue weighted by molar-refractivity contribution is 0.472. The molecule has 0 bridgehead atoms. The van der Waals surface area contributed by atoms with E-state index in [1.807, 2.05) is 0 Å². The Kier molecular flexibility index (Phi) is 16.2. The lowest BCUT2D eigenvalue weighted by Crippen LogP contribution is -2.05. The molecule has 0 aliphatic heterocycles. The highest BCUT2D eigenvalue weighted by atomic mass is 35.5. The fourth-order valence-corrected chi connectivity index (χ4v) is 10.9. The van der Waals surface area contributed by atoms with Crippen molar-refractivity contribution in [2.24, 2.45) is 20.5 Å². The van der Waals surface area contributed by atoms with E-state index >= 15 is 0 Å². The van der Waals surface area contributed by atoms with Crippen LogP contribution in [0.1, 0.15) is 0 Å². The molecule has 0 fully saturated rings. The number of aromatic nitrogens is 6. The number of hydrogen-bond donors (Lipinski definition) is 12. The molecule has 13 N–H and O–H groups in total. The Labute approximate surface area is 469 Å². The molecule has 34 nitrogen and oxygen atoms in total. The molecule has 8 rings (SSSR count). The minimum Gasteiger partial charge on any atom is -0.505 e. The van der Waals surface area contributed by atoms with Crippen molar-refractivity contribution in [2.75, 3.05) is 27.0 Å². The number of nitrogens with one attached hydrogen (secondary N) is 4. The van der Waals surface area contributed by atoms with Gasteiger partial charge in [-0.3, -0.25) is 27.3 Å². The number of nitrogen functional groups attached to an aromatic ring is 1. The van der Waals surface area contributed by atoms with Crippen molar-refractivity contribution >= 4 is 170 Å². The van der Waals surface area contributed by atoms with Crippen molar-refractivity contribution in [1.82, 2.24) is 29.9 Å². The fraction of sp³-hybridized carbons (Fsp3) is 0. The van der Waals surface area contributed by atoms with Crippen LogP contribution in [0, 0.1) is 0 Å². The molecular weight excluding hydrogens is 1260 g/mol. The maximum Gasteiger partial charge on any atom is 0.296 e. The molecule has 8 aromatic rings. The van der Waals surface area contributed by atoms with Gasteiger partial charge in [-0.1, -0.05) is 12.1 Å². The van der Waals surface area contributed by atoms with Crippen LogP contribution in [0.4, 0.5) is 75.0 Å². The van der Waals surface area contributed by atoms with Gasteiger partial charge in [0, 0.05) is 22.7 Å². The monoisotopic (exact) mass is 1280 g/mol. The van der Waals surface area contributed by atoms with Crippen molar-refractivity contribution in [3.05, 3.63) is 108 Å². The van der Waals surface area contributed by atoms with Crippen molar-refractivity contribution in [2.45, 2.75) is 29.4 Å². The van der Waals surface area contributed by atoms with Crippen LogP contribution in [0.15, 0.2) is 147 Å². The van der Waals surface area contributed by atoms with Gasteiger partial charge in [-0.05, 0) is 114 Å². The summed E-state index contributed by atoms with van der Waals surface area (Å²) in [5.41, 5.74) is 1.03. The molecule has 0 aliphatic carbocycles. The molecular formula is C40H29Cl2N15O19S6. The van der Waals surface area contributed by atoms with E-state index < -0.39 is 146 Å². The van der Waals surface area contributed by atoms with Crippen LogP contribution in [0.5, 0.6) is 5.75 Å². The third-order valence-corrected chi connectivity index (χ3v) is 15.9. The highest BCUT2D eigenvalue weighted by molar-refractivity contribution is 7.87. The summed E-state index contributed by atoms with van der Waals surface area (Å²) < 4.78 is 208. The van der Waals surface area contributed by atoms with Gasteiger partial charge in [-0.2, -0.15) is 80.4 Å². The summed E-state index contributed by atoms with van der Waals surface area (Å²) in [6, 6.07) is 15.7. The van der Waals surface area contributed by atoms with Gasteiger partial charge in [0.25, 0.3) is 60.7 Å². The Morgan fingerprint density at radius 2 is 0.744 bits per heavy atom. The summed E-state index contributed by atoms with van der Waals surface area (Å²) in [5.74, 6) is -2.76. The predicted octanol–water partition coefficient (Wildman–Crippen LogP) is 7.09. The van der Waals surface area contributed by atoms with Gasteiger partial charge in [-0.25, -0.2) is 0 Å². The summed E-state index contributed by atoms with van der Waals surface area (Å²) in [7, 11) is -30.9. The summed E-state index contributed by atoms with van der Waals surface area (Å²) in [6.07, 6.45) is 0. The van der Waals surface area contributed by atoms with Crippen LogP contribution < -0.4 is 27.0 Å². The van der Waals surface area contributed by atoms with E-state index in [1.54, 1.807) is 0 Å². The number of azo groups is 2. The van der Waals surface area contributed by atoms with E-state index in [0.717, 1.165) is 60.7 Å². The molecule has 2 heterocycles. The first-order valence-corrected chi connectivity index (χ1v) is 30.6. The second kappa shape index (κ2) is 22.2. The average Bonchev–Trinajstić information content (AvgIpc) is 3.44. The van der Waals surface area contributed by atoms with Crippen LogP contribution in [-0.2, 0) is 60.7 Å².